The molecule has 0 aliphatic rings. The van der Waals surface area contributed by atoms with Gasteiger partial charge < -0.3 is 4.57 Å². The van der Waals surface area contributed by atoms with Crippen LogP contribution in [0.5, 0.6) is 0 Å². The van der Waals surface area contributed by atoms with E-state index >= 15 is 0 Å². The fraction of sp³-hybridized carbons (Fsp3) is 0.333. The maximum Gasteiger partial charge on any atom is 0.279 e. The maximum absolute atomic E-state index is 14.1. The predicted octanol–water partition coefficient (Wildman–Crippen LogP) is 2.00. The van der Waals surface area contributed by atoms with Crippen molar-refractivity contribution in [3.8, 4) is 0 Å². The summed E-state index contributed by atoms with van der Waals surface area (Å²) >= 11 is 1.27. The van der Waals surface area contributed by atoms with Gasteiger partial charge in [0.05, 0.1) is 0 Å². The van der Waals surface area contributed by atoms with Crippen LogP contribution in [-0.2, 0) is 17.1 Å². The van der Waals surface area contributed by atoms with Crippen LogP contribution < -0.4 is 4.80 Å². The van der Waals surface area contributed by atoms with E-state index in [1.165, 1.54) is 17.4 Å². The highest BCUT2D eigenvalue weighted by Crippen LogP contribution is 2.21. The minimum absolute atomic E-state index is 0.0236. The van der Waals surface area contributed by atoms with Gasteiger partial charge in [-0.1, -0.05) is 13.8 Å². The first-order valence-corrected chi connectivity index (χ1v) is 9.62. The molecule has 0 bridgehead atoms. The molecule has 1 aromatic heterocycles. The normalized spacial score (nSPS) is 12.8. The van der Waals surface area contributed by atoms with Crippen molar-refractivity contribution < 1.29 is 17.6 Å². The summed E-state index contributed by atoms with van der Waals surface area (Å²) in [6.45, 7) is 3.76. The molecule has 1 amide bonds. The Morgan fingerprint density at radius 2 is 2.00 bits per heavy atom. The lowest BCUT2D eigenvalue weighted by Crippen LogP contribution is -2.31. The molecule has 0 N–H and O–H groups in total. The molecule has 0 atom stereocenters. The van der Waals surface area contributed by atoms with Crippen molar-refractivity contribution >= 4 is 27.3 Å². The predicted molar refractivity (Wildman–Crippen MR) is 89.7 cm³/mol. The number of hydrogen-bond donors (Lipinski definition) is 0. The zero-order chi connectivity index (χ0) is 17.9. The van der Waals surface area contributed by atoms with Crippen molar-refractivity contribution in [1.82, 2.24) is 8.87 Å². The standard InChI is InChI=1S/C15H18FN3O3S2/c1-4-19(5-2)24(21,22)13-10-11(6-7-12(13)16)14(20)17-15-18(3)8-9-23-15/h6-10H,4-5H2,1-3H3. The molecule has 0 aliphatic carbocycles. The van der Waals surface area contributed by atoms with Gasteiger partial charge in [-0.25, -0.2) is 12.8 Å². The van der Waals surface area contributed by atoms with Gasteiger partial charge >= 0.3 is 0 Å². The first-order chi connectivity index (χ1) is 11.3. The van der Waals surface area contributed by atoms with Crippen LogP contribution in [0.1, 0.15) is 24.2 Å². The van der Waals surface area contributed by atoms with E-state index in [0.29, 0.717) is 4.80 Å². The van der Waals surface area contributed by atoms with Gasteiger partial charge in [-0.15, -0.1) is 11.3 Å². The Hall–Kier alpha value is -1.84. The molecule has 1 heterocycles. The number of benzene rings is 1. The molecule has 0 saturated heterocycles. The molecule has 9 heteroatoms. The smallest absolute Gasteiger partial charge is 0.279 e. The van der Waals surface area contributed by atoms with Crippen LogP contribution in [0, 0.1) is 5.82 Å². The van der Waals surface area contributed by atoms with Crippen molar-refractivity contribution in [2.45, 2.75) is 18.7 Å². The lowest BCUT2D eigenvalue weighted by molar-refractivity contribution is 0.0997. The van der Waals surface area contributed by atoms with E-state index in [1.807, 2.05) is 0 Å². The number of rotatable bonds is 5. The molecular formula is C15H18FN3O3S2. The van der Waals surface area contributed by atoms with Gasteiger partial charge in [0.1, 0.15) is 10.7 Å². The van der Waals surface area contributed by atoms with E-state index in [-0.39, 0.29) is 18.7 Å². The quantitative estimate of drug-likeness (QED) is 0.807. The van der Waals surface area contributed by atoms with E-state index in [9.17, 15) is 17.6 Å². The van der Waals surface area contributed by atoms with Crippen molar-refractivity contribution in [2.75, 3.05) is 13.1 Å². The average Bonchev–Trinajstić information content (AvgIpc) is 2.93. The lowest BCUT2D eigenvalue weighted by Gasteiger charge is -2.19. The SMILES string of the molecule is CCN(CC)S(=O)(=O)c1cc(C(=O)N=c2sccn2C)ccc1F. The van der Waals surface area contributed by atoms with Crippen molar-refractivity contribution in [3.05, 3.63) is 46.0 Å². The van der Waals surface area contributed by atoms with E-state index in [0.717, 1.165) is 16.4 Å². The highest BCUT2D eigenvalue weighted by molar-refractivity contribution is 7.89. The van der Waals surface area contributed by atoms with E-state index in [4.69, 9.17) is 0 Å². The average molecular weight is 371 g/mol. The first-order valence-electron chi connectivity index (χ1n) is 7.30. The molecule has 2 aromatic rings. The topological polar surface area (TPSA) is 71.7 Å². The van der Waals surface area contributed by atoms with E-state index in [1.54, 1.807) is 37.0 Å². The maximum atomic E-state index is 14.1. The van der Waals surface area contributed by atoms with Crippen LogP contribution >= 0.6 is 11.3 Å². The summed E-state index contributed by atoms with van der Waals surface area (Å²) in [5, 5.41) is 1.77. The molecule has 0 saturated carbocycles. The van der Waals surface area contributed by atoms with Gasteiger partial charge in [-0.05, 0) is 18.2 Å². The minimum Gasteiger partial charge on any atom is -0.327 e. The van der Waals surface area contributed by atoms with E-state index < -0.39 is 26.6 Å². The third-order valence-electron chi connectivity index (χ3n) is 3.46. The Kier molecular flexibility index (Phi) is 5.68. The Balaban J connectivity index is 2.50. The van der Waals surface area contributed by atoms with Crippen LogP contribution in [0.15, 0.2) is 39.7 Å². The monoisotopic (exact) mass is 371 g/mol. The second-order valence-electron chi connectivity index (χ2n) is 4.95. The van der Waals surface area contributed by atoms with Crippen LogP contribution in [0.2, 0.25) is 0 Å². The largest absolute Gasteiger partial charge is 0.327 e. The molecule has 0 spiro atoms. The lowest BCUT2D eigenvalue weighted by atomic mass is 10.2. The first kappa shape index (κ1) is 18.5. The molecule has 24 heavy (non-hydrogen) atoms. The number of hydrogen-bond acceptors (Lipinski definition) is 4. The highest BCUT2D eigenvalue weighted by atomic mass is 32.2. The Morgan fingerprint density at radius 3 is 2.54 bits per heavy atom. The number of nitrogens with zero attached hydrogens (tertiary/aromatic N) is 3. The molecule has 0 radical (unpaired) electrons. The molecule has 2 rings (SSSR count). The number of aromatic nitrogens is 1. The number of sulfonamides is 1. The zero-order valence-corrected chi connectivity index (χ0v) is 15.2. The minimum atomic E-state index is -4.00. The summed E-state index contributed by atoms with van der Waals surface area (Å²) in [4.78, 5) is 16.2. The summed E-state index contributed by atoms with van der Waals surface area (Å²) in [6.07, 6.45) is 1.75. The summed E-state index contributed by atoms with van der Waals surface area (Å²) in [5.41, 5.74) is 0.0236. The van der Waals surface area contributed by atoms with Crippen LogP contribution in [-0.4, -0.2) is 36.3 Å². The van der Waals surface area contributed by atoms with Gasteiger partial charge in [-0.3, -0.25) is 4.79 Å². The molecule has 0 aliphatic heterocycles. The van der Waals surface area contributed by atoms with Crippen molar-refractivity contribution in [2.24, 2.45) is 12.0 Å². The second-order valence-corrected chi connectivity index (χ2v) is 7.73. The van der Waals surface area contributed by atoms with Crippen molar-refractivity contribution in [3.63, 3.8) is 0 Å². The van der Waals surface area contributed by atoms with Gasteiger partial charge in [0.2, 0.25) is 10.0 Å². The summed E-state index contributed by atoms with van der Waals surface area (Å²) in [7, 11) is -2.26. The van der Waals surface area contributed by atoms with Crippen LogP contribution in [0.4, 0.5) is 4.39 Å². The van der Waals surface area contributed by atoms with Crippen molar-refractivity contribution in [1.29, 1.82) is 0 Å². The molecule has 130 valence electrons. The van der Waals surface area contributed by atoms with Gasteiger partial charge in [0.25, 0.3) is 5.91 Å². The second kappa shape index (κ2) is 7.37. The number of carbonyl (C=O) groups excluding carboxylic acids is 1. The Bertz CT molecular complexity index is 912. The van der Waals surface area contributed by atoms with Crippen LogP contribution in [0.3, 0.4) is 0 Å². The fourth-order valence-electron chi connectivity index (χ4n) is 2.12. The van der Waals surface area contributed by atoms with Crippen LogP contribution in [0.25, 0.3) is 0 Å². The number of thiazole rings is 1. The van der Waals surface area contributed by atoms with Gasteiger partial charge in [0.15, 0.2) is 4.80 Å². The Morgan fingerprint density at radius 1 is 1.33 bits per heavy atom. The molecular weight excluding hydrogens is 353 g/mol. The zero-order valence-electron chi connectivity index (χ0n) is 13.6. The number of halogens is 1. The van der Waals surface area contributed by atoms with E-state index in [2.05, 4.69) is 4.99 Å². The third-order valence-corrected chi connectivity index (χ3v) is 6.37. The number of amides is 1. The number of aryl methyl sites for hydroxylation is 1. The summed E-state index contributed by atoms with van der Waals surface area (Å²) in [5.74, 6) is -1.51. The molecule has 1 aromatic carbocycles. The highest BCUT2D eigenvalue weighted by Gasteiger charge is 2.26. The fourth-order valence-corrected chi connectivity index (χ4v) is 4.40. The van der Waals surface area contributed by atoms with Gasteiger partial charge in [-0.2, -0.15) is 9.30 Å². The molecule has 6 nitrogen and oxygen atoms in total. The number of carbonyl (C=O) groups is 1. The molecule has 0 unspecified atom stereocenters. The Labute approximate surface area is 143 Å². The summed E-state index contributed by atoms with van der Waals surface area (Å²) in [6, 6.07) is 3.26. The summed E-state index contributed by atoms with van der Waals surface area (Å²) < 4.78 is 41.9. The van der Waals surface area contributed by atoms with Gasteiger partial charge in [0, 0.05) is 37.3 Å². The third kappa shape index (κ3) is 3.63. The molecule has 0 fully saturated rings.